The summed E-state index contributed by atoms with van der Waals surface area (Å²) < 4.78 is 0. The molecule has 1 unspecified atom stereocenters. The van der Waals surface area contributed by atoms with Crippen molar-refractivity contribution in [3.05, 3.63) is 12.7 Å². The fourth-order valence-corrected chi connectivity index (χ4v) is 1.20. The molecule has 0 aromatic rings. The van der Waals surface area contributed by atoms with Gasteiger partial charge in [0.15, 0.2) is 0 Å². The number of rotatable bonds is 6. The van der Waals surface area contributed by atoms with Gasteiger partial charge in [0.05, 0.1) is 0 Å². The molecule has 0 aliphatic rings. The molecule has 0 saturated heterocycles. The Hall–Kier alpha value is -1.52. The van der Waals surface area contributed by atoms with Gasteiger partial charge < -0.3 is 15.3 Å². The first kappa shape index (κ1) is 16.5. The zero-order valence-electron chi connectivity index (χ0n) is 11.7. The number of carbonyl (C=O) groups excluding carboxylic acids is 1. The average Bonchev–Trinajstić information content (AvgIpc) is 2.22. The van der Waals surface area contributed by atoms with Crippen LogP contribution in [0.15, 0.2) is 12.7 Å². The minimum Gasteiger partial charge on any atom is -0.480 e. The van der Waals surface area contributed by atoms with Gasteiger partial charge in [0, 0.05) is 13.1 Å². The van der Waals surface area contributed by atoms with Crippen molar-refractivity contribution in [3.8, 4) is 0 Å². The molecule has 0 spiro atoms. The molecule has 0 aliphatic carbocycles. The predicted octanol–water partition coefficient (Wildman–Crippen LogP) is 1.95. The first-order valence-electron chi connectivity index (χ1n) is 6.04. The molecular formula is C13H24N2O3. The maximum atomic E-state index is 11.8. The zero-order valence-corrected chi connectivity index (χ0v) is 11.7. The van der Waals surface area contributed by atoms with Gasteiger partial charge in [-0.3, -0.25) is 4.79 Å². The van der Waals surface area contributed by atoms with Crippen LogP contribution in [0.5, 0.6) is 0 Å². The van der Waals surface area contributed by atoms with Crippen LogP contribution in [0.1, 0.15) is 27.7 Å². The standard InChI is InChI=1S/C13H24N2O3/c1-6-7-15(9-11(16)17)12(18)14-8-10(2)13(3,4)5/h6,10H,1,7-9H2,2-5H3,(H,14,18)(H,16,17). The highest BCUT2D eigenvalue weighted by Crippen LogP contribution is 2.24. The van der Waals surface area contributed by atoms with E-state index in [0.717, 1.165) is 0 Å². The maximum absolute atomic E-state index is 11.8. The van der Waals surface area contributed by atoms with Gasteiger partial charge >= 0.3 is 12.0 Å². The second kappa shape index (κ2) is 7.03. The lowest BCUT2D eigenvalue weighted by Gasteiger charge is -2.28. The smallest absolute Gasteiger partial charge is 0.323 e. The monoisotopic (exact) mass is 256 g/mol. The van der Waals surface area contributed by atoms with E-state index >= 15 is 0 Å². The molecule has 0 rings (SSSR count). The summed E-state index contributed by atoms with van der Waals surface area (Å²) in [6.07, 6.45) is 1.51. The number of amides is 2. The van der Waals surface area contributed by atoms with E-state index in [9.17, 15) is 9.59 Å². The van der Waals surface area contributed by atoms with Crippen molar-refractivity contribution in [1.29, 1.82) is 0 Å². The van der Waals surface area contributed by atoms with Crippen molar-refractivity contribution in [2.45, 2.75) is 27.7 Å². The second-order valence-electron chi connectivity index (χ2n) is 5.52. The molecule has 2 N–H and O–H groups in total. The first-order valence-corrected chi connectivity index (χ1v) is 6.04. The van der Waals surface area contributed by atoms with Gasteiger partial charge in [-0.25, -0.2) is 4.79 Å². The van der Waals surface area contributed by atoms with Crippen molar-refractivity contribution in [3.63, 3.8) is 0 Å². The fraction of sp³-hybridized carbons (Fsp3) is 0.692. The Kier molecular flexibility index (Phi) is 6.44. The fourth-order valence-electron chi connectivity index (χ4n) is 1.20. The van der Waals surface area contributed by atoms with Crippen LogP contribution in [0.3, 0.4) is 0 Å². The van der Waals surface area contributed by atoms with E-state index in [2.05, 4.69) is 39.6 Å². The highest BCUT2D eigenvalue weighted by atomic mass is 16.4. The van der Waals surface area contributed by atoms with Crippen LogP contribution in [0, 0.1) is 11.3 Å². The summed E-state index contributed by atoms with van der Waals surface area (Å²) in [6, 6.07) is -0.367. The largest absolute Gasteiger partial charge is 0.480 e. The average molecular weight is 256 g/mol. The number of aliphatic carboxylic acids is 1. The maximum Gasteiger partial charge on any atom is 0.323 e. The lowest BCUT2D eigenvalue weighted by molar-refractivity contribution is -0.137. The molecule has 0 saturated carbocycles. The van der Waals surface area contributed by atoms with E-state index in [1.807, 2.05) is 0 Å². The summed E-state index contributed by atoms with van der Waals surface area (Å²) in [4.78, 5) is 23.6. The number of nitrogens with one attached hydrogen (secondary N) is 1. The Morgan fingerprint density at radius 2 is 2.00 bits per heavy atom. The van der Waals surface area contributed by atoms with Crippen LogP contribution in [-0.2, 0) is 4.79 Å². The number of urea groups is 1. The Bertz CT molecular complexity index is 308. The summed E-state index contributed by atoms with van der Waals surface area (Å²) in [5.74, 6) is -0.729. The van der Waals surface area contributed by atoms with Gasteiger partial charge in [-0.15, -0.1) is 6.58 Å². The third-order valence-electron chi connectivity index (χ3n) is 3.00. The number of carboxylic acid groups (broad SMARTS) is 1. The van der Waals surface area contributed by atoms with E-state index in [4.69, 9.17) is 5.11 Å². The molecule has 104 valence electrons. The minimum absolute atomic E-state index is 0.101. The molecule has 0 aliphatic heterocycles. The molecule has 0 aromatic heterocycles. The molecule has 0 heterocycles. The van der Waals surface area contributed by atoms with Crippen molar-refractivity contribution in [1.82, 2.24) is 10.2 Å². The Balaban J connectivity index is 4.34. The molecule has 18 heavy (non-hydrogen) atoms. The third kappa shape index (κ3) is 6.27. The van der Waals surface area contributed by atoms with Crippen LogP contribution in [0.2, 0.25) is 0 Å². The first-order chi connectivity index (χ1) is 8.18. The Morgan fingerprint density at radius 1 is 1.44 bits per heavy atom. The molecule has 0 aromatic carbocycles. The molecule has 5 heteroatoms. The van der Waals surface area contributed by atoms with Crippen LogP contribution in [0.4, 0.5) is 4.79 Å². The van der Waals surface area contributed by atoms with Crippen LogP contribution in [0.25, 0.3) is 0 Å². The Labute approximate surface area is 109 Å². The van der Waals surface area contributed by atoms with Crippen molar-refractivity contribution >= 4 is 12.0 Å². The summed E-state index contributed by atoms with van der Waals surface area (Å²) >= 11 is 0. The number of carboxylic acids is 1. The van der Waals surface area contributed by atoms with Crippen molar-refractivity contribution in [2.75, 3.05) is 19.6 Å². The zero-order chi connectivity index (χ0) is 14.3. The van der Waals surface area contributed by atoms with Crippen LogP contribution in [-0.4, -0.2) is 41.6 Å². The number of hydrogen-bond donors (Lipinski definition) is 2. The van der Waals surface area contributed by atoms with Gasteiger partial charge in [0.2, 0.25) is 0 Å². The molecule has 2 amide bonds. The van der Waals surface area contributed by atoms with E-state index in [1.165, 1.54) is 11.0 Å². The normalized spacial score (nSPS) is 12.7. The summed E-state index contributed by atoms with van der Waals surface area (Å²) in [7, 11) is 0. The number of nitrogens with zero attached hydrogens (tertiary/aromatic N) is 1. The molecule has 0 radical (unpaired) electrons. The second-order valence-corrected chi connectivity index (χ2v) is 5.52. The predicted molar refractivity (Wildman–Crippen MR) is 71.4 cm³/mol. The molecule has 0 fully saturated rings. The molecule has 5 nitrogen and oxygen atoms in total. The summed E-state index contributed by atoms with van der Waals surface area (Å²) in [5, 5.41) is 11.5. The van der Waals surface area contributed by atoms with Gasteiger partial charge in [0.25, 0.3) is 0 Å². The van der Waals surface area contributed by atoms with Crippen molar-refractivity contribution in [2.24, 2.45) is 11.3 Å². The quantitative estimate of drug-likeness (QED) is 0.714. The summed E-state index contributed by atoms with van der Waals surface area (Å²) in [5.41, 5.74) is 0.101. The van der Waals surface area contributed by atoms with Crippen LogP contribution >= 0.6 is 0 Å². The van der Waals surface area contributed by atoms with E-state index in [1.54, 1.807) is 0 Å². The van der Waals surface area contributed by atoms with Gasteiger partial charge in [-0.1, -0.05) is 33.8 Å². The molecular weight excluding hydrogens is 232 g/mol. The SMILES string of the molecule is C=CCN(CC(=O)O)C(=O)NCC(C)C(C)(C)C. The lowest BCUT2D eigenvalue weighted by Crippen LogP contribution is -2.45. The van der Waals surface area contributed by atoms with E-state index < -0.39 is 5.97 Å². The number of carbonyl (C=O) groups is 2. The molecule has 0 bridgehead atoms. The number of hydrogen-bond acceptors (Lipinski definition) is 2. The van der Waals surface area contributed by atoms with Gasteiger partial charge in [0.1, 0.15) is 6.54 Å². The van der Waals surface area contributed by atoms with E-state index in [0.29, 0.717) is 12.5 Å². The van der Waals surface area contributed by atoms with Gasteiger partial charge in [-0.05, 0) is 11.3 Å². The van der Waals surface area contributed by atoms with E-state index in [-0.39, 0.29) is 24.5 Å². The molecule has 1 atom stereocenters. The summed E-state index contributed by atoms with van der Waals surface area (Å²) in [6.45, 7) is 12.3. The highest BCUT2D eigenvalue weighted by Gasteiger charge is 2.22. The third-order valence-corrected chi connectivity index (χ3v) is 3.00. The topological polar surface area (TPSA) is 69.6 Å². The lowest BCUT2D eigenvalue weighted by atomic mass is 9.82. The highest BCUT2D eigenvalue weighted by molar-refractivity contribution is 5.80. The Morgan fingerprint density at radius 3 is 2.39 bits per heavy atom. The minimum atomic E-state index is -1.03. The van der Waals surface area contributed by atoms with Crippen LogP contribution < -0.4 is 5.32 Å². The van der Waals surface area contributed by atoms with Gasteiger partial charge in [-0.2, -0.15) is 0 Å². The van der Waals surface area contributed by atoms with Crippen molar-refractivity contribution < 1.29 is 14.7 Å².